The van der Waals surface area contributed by atoms with Crippen molar-refractivity contribution in [1.29, 1.82) is 0 Å². The van der Waals surface area contributed by atoms with Crippen molar-refractivity contribution in [3.05, 3.63) is 23.3 Å². The van der Waals surface area contributed by atoms with Gasteiger partial charge in [0.15, 0.2) is 0 Å². The van der Waals surface area contributed by atoms with Crippen LogP contribution in [-0.4, -0.2) is 11.1 Å². The van der Waals surface area contributed by atoms with Crippen molar-refractivity contribution in [2.45, 2.75) is 33.1 Å². The largest absolute Gasteiger partial charge is 0.478 e. The molecule has 1 unspecified atom stereocenters. The number of allylic oxidation sites excluding steroid dienone is 3. The lowest BCUT2D eigenvalue weighted by atomic mass is 9.71. The molecule has 0 aromatic carbocycles. The summed E-state index contributed by atoms with van der Waals surface area (Å²) in [5.74, 6) is 1.03. The van der Waals surface area contributed by atoms with Crippen LogP contribution in [0.3, 0.4) is 0 Å². The Balaban J connectivity index is 2.07. The third kappa shape index (κ3) is 1.85. The molecule has 2 nitrogen and oxygen atoms in total. The summed E-state index contributed by atoms with van der Waals surface area (Å²) in [5.41, 5.74) is 2.66. The highest BCUT2D eigenvalue weighted by molar-refractivity contribution is 5.81. The fourth-order valence-corrected chi connectivity index (χ4v) is 2.69. The van der Waals surface area contributed by atoms with Gasteiger partial charge in [-0.15, -0.1) is 0 Å². The monoisotopic (exact) mass is 206 g/mol. The molecular formula is C13H18O2. The number of hydrogen-bond donors (Lipinski definition) is 1. The summed E-state index contributed by atoms with van der Waals surface area (Å²) in [4.78, 5) is 10.6. The van der Waals surface area contributed by atoms with Gasteiger partial charge in [0.1, 0.15) is 0 Å². The van der Waals surface area contributed by atoms with Crippen LogP contribution in [0.4, 0.5) is 0 Å². The SMILES string of the molecule is CCC(C)C1=C[C@@H]2C(=CC(=O)O)C[C@H]2C1. The summed E-state index contributed by atoms with van der Waals surface area (Å²) < 4.78 is 0. The molecule has 0 radical (unpaired) electrons. The maximum absolute atomic E-state index is 10.6. The van der Waals surface area contributed by atoms with E-state index in [0.29, 0.717) is 17.8 Å². The smallest absolute Gasteiger partial charge is 0.328 e. The Hall–Kier alpha value is -1.05. The minimum Gasteiger partial charge on any atom is -0.478 e. The molecule has 0 spiro atoms. The summed E-state index contributed by atoms with van der Waals surface area (Å²) in [5, 5.41) is 8.69. The third-order valence-electron chi connectivity index (χ3n) is 3.88. The predicted molar refractivity (Wildman–Crippen MR) is 59.5 cm³/mol. The summed E-state index contributed by atoms with van der Waals surface area (Å²) in [6.07, 6.45) is 7.08. The van der Waals surface area contributed by atoms with Crippen molar-refractivity contribution in [2.75, 3.05) is 0 Å². The lowest BCUT2D eigenvalue weighted by molar-refractivity contribution is -0.131. The summed E-state index contributed by atoms with van der Waals surface area (Å²) >= 11 is 0. The molecular weight excluding hydrogens is 188 g/mol. The minimum absolute atomic E-state index is 0.449. The molecule has 1 fully saturated rings. The molecule has 15 heavy (non-hydrogen) atoms. The molecule has 2 aliphatic rings. The van der Waals surface area contributed by atoms with Crippen LogP contribution in [0.1, 0.15) is 33.1 Å². The lowest BCUT2D eigenvalue weighted by Crippen LogP contribution is -2.24. The molecule has 0 bridgehead atoms. The molecule has 0 heterocycles. The van der Waals surface area contributed by atoms with Gasteiger partial charge in [-0.25, -0.2) is 4.79 Å². The maximum Gasteiger partial charge on any atom is 0.328 e. The molecule has 1 N–H and O–H groups in total. The van der Waals surface area contributed by atoms with Crippen LogP contribution >= 0.6 is 0 Å². The van der Waals surface area contributed by atoms with Crippen molar-refractivity contribution in [1.82, 2.24) is 0 Å². The van der Waals surface area contributed by atoms with Gasteiger partial charge >= 0.3 is 5.97 Å². The highest BCUT2D eigenvalue weighted by Crippen LogP contribution is 2.51. The molecule has 0 aliphatic heterocycles. The van der Waals surface area contributed by atoms with E-state index in [1.807, 2.05) is 0 Å². The van der Waals surface area contributed by atoms with Crippen LogP contribution in [0.5, 0.6) is 0 Å². The van der Waals surface area contributed by atoms with Crippen molar-refractivity contribution < 1.29 is 9.90 Å². The summed E-state index contributed by atoms with van der Waals surface area (Å²) in [7, 11) is 0. The van der Waals surface area contributed by atoms with E-state index in [1.54, 1.807) is 5.57 Å². The molecule has 0 saturated heterocycles. The average Bonchev–Trinajstić information content (AvgIpc) is 2.51. The van der Waals surface area contributed by atoms with Crippen LogP contribution < -0.4 is 0 Å². The number of carbonyl (C=O) groups is 1. The van der Waals surface area contributed by atoms with E-state index >= 15 is 0 Å². The highest BCUT2D eigenvalue weighted by Gasteiger charge is 2.40. The predicted octanol–water partition coefficient (Wildman–Crippen LogP) is 3.01. The first-order chi connectivity index (χ1) is 7.11. The van der Waals surface area contributed by atoms with Gasteiger partial charge in [-0.1, -0.05) is 31.1 Å². The molecule has 2 aliphatic carbocycles. The molecule has 82 valence electrons. The summed E-state index contributed by atoms with van der Waals surface area (Å²) in [6.45, 7) is 4.47. The van der Waals surface area contributed by atoms with E-state index in [1.165, 1.54) is 18.9 Å². The van der Waals surface area contributed by atoms with Gasteiger partial charge in [0.05, 0.1) is 0 Å². The molecule has 2 heteroatoms. The van der Waals surface area contributed by atoms with E-state index in [4.69, 9.17) is 5.11 Å². The zero-order chi connectivity index (χ0) is 11.0. The zero-order valence-electron chi connectivity index (χ0n) is 9.36. The molecule has 1 saturated carbocycles. The van der Waals surface area contributed by atoms with E-state index in [2.05, 4.69) is 19.9 Å². The number of carboxylic acid groups (broad SMARTS) is 1. The number of fused-ring (bicyclic) bond motifs is 1. The van der Waals surface area contributed by atoms with Crippen molar-refractivity contribution in [3.63, 3.8) is 0 Å². The fourth-order valence-electron chi connectivity index (χ4n) is 2.69. The van der Waals surface area contributed by atoms with Crippen molar-refractivity contribution >= 4 is 5.97 Å². The van der Waals surface area contributed by atoms with Gasteiger partial charge in [0.2, 0.25) is 0 Å². The second kappa shape index (κ2) is 3.84. The minimum atomic E-state index is -0.797. The summed E-state index contributed by atoms with van der Waals surface area (Å²) in [6, 6.07) is 0. The highest BCUT2D eigenvalue weighted by atomic mass is 16.4. The molecule has 2 rings (SSSR count). The number of carboxylic acids is 1. The first-order valence-electron chi connectivity index (χ1n) is 5.75. The maximum atomic E-state index is 10.6. The third-order valence-corrected chi connectivity index (χ3v) is 3.88. The first kappa shape index (κ1) is 10.5. The van der Waals surface area contributed by atoms with Gasteiger partial charge in [0, 0.05) is 12.0 Å². The van der Waals surface area contributed by atoms with Gasteiger partial charge < -0.3 is 5.11 Å². The van der Waals surface area contributed by atoms with Gasteiger partial charge in [-0.3, -0.25) is 0 Å². The Morgan fingerprint density at radius 1 is 1.67 bits per heavy atom. The topological polar surface area (TPSA) is 37.3 Å². The van der Waals surface area contributed by atoms with Gasteiger partial charge in [-0.05, 0) is 31.1 Å². The Morgan fingerprint density at radius 3 is 3.00 bits per heavy atom. The van der Waals surface area contributed by atoms with Crippen LogP contribution in [0.2, 0.25) is 0 Å². The van der Waals surface area contributed by atoms with E-state index in [9.17, 15) is 4.79 Å². The van der Waals surface area contributed by atoms with Crippen LogP contribution in [0, 0.1) is 17.8 Å². The molecule has 0 aromatic rings. The van der Waals surface area contributed by atoms with Gasteiger partial charge in [0.25, 0.3) is 0 Å². The second-order valence-electron chi connectivity index (χ2n) is 4.80. The molecule has 3 atom stereocenters. The van der Waals surface area contributed by atoms with E-state index < -0.39 is 5.97 Å². The Kier molecular flexibility index (Phi) is 2.68. The van der Waals surface area contributed by atoms with E-state index in [0.717, 1.165) is 12.0 Å². The van der Waals surface area contributed by atoms with Crippen LogP contribution in [0.25, 0.3) is 0 Å². The Bertz CT molecular complexity index is 338. The normalized spacial score (nSPS) is 33.2. The Morgan fingerprint density at radius 2 is 2.40 bits per heavy atom. The number of rotatable bonds is 3. The number of aliphatic carboxylic acids is 1. The lowest BCUT2D eigenvalue weighted by Gasteiger charge is -2.33. The van der Waals surface area contributed by atoms with Crippen molar-refractivity contribution in [3.8, 4) is 0 Å². The van der Waals surface area contributed by atoms with Gasteiger partial charge in [-0.2, -0.15) is 0 Å². The van der Waals surface area contributed by atoms with Crippen molar-refractivity contribution in [2.24, 2.45) is 17.8 Å². The molecule has 0 amide bonds. The zero-order valence-corrected chi connectivity index (χ0v) is 9.36. The quantitative estimate of drug-likeness (QED) is 0.569. The average molecular weight is 206 g/mol. The standard InChI is InChI=1S/C13H18O2/c1-3-8(2)9-4-10-5-11(7-13(14)15)12(10)6-9/h6-8,10,12H,3-5H2,1-2H3,(H,14,15)/t8?,10-,12+/m1/s1. The van der Waals surface area contributed by atoms with E-state index in [-0.39, 0.29) is 0 Å². The first-order valence-corrected chi connectivity index (χ1v) is 5.75. The fraction of sp³-hybridized carbons (Fsp3) is 0.615. The molecule has 0 aromatic heterocycles. The Labute approximate surface area is 90.7 Å². The number of hydrogen-bond acceptors (Lipinski definition) is 1. The van der Waals surface area contributed by atoms with Crippen LogP contribution in [-0.2, 0) is 4.79 Å². The van der Waals surface area contributed by atoms with Crippen LogP contribution in [0.15, 0.2) is 23.3 Å². The second-order valence-corrected chi connectivity index (χ2v) is 4.80.